The van der Waals surface area contributed by atoms with Crippen LogP contribution in [0.2, 0.25) is 0 Å². The highest BCUT2D eigenvalue weighted by Crippen LogP contribution is 2.17. The van der Waals surface area contributed by atoms with E-state index in [9.17, 15) is 14.4 Å². The average Bonchev–Trinajstić information content (AvgIpc) is 2.71. The van der Waals surface area contributed by atoms with Crippen LogP contribution < -0.4 is 10.1 Å². The molecule has 1 amide bonds. The largest absolute Gasteiger partial charge is 0.482 e. The maximum atomic E-state index is 11.9. The molecule has 0 atom stereocenters. The number of benzene rings is 2. The summed E-state index contributed by atoms with van der Waals surface area (Å²) in [6.45, 7) is 5.26. The SMILES string of the molecule is CCC(=O)c1ccc(OCC(=O)OCC(=O)Nc2ccc(C(C)C)cc2)cc1. The monoisotopic (exact) mass is 383 g/mol. The predicted molar refractivity (Wildman–Crippen MR) is 107 cm³/mol. The summed E-state index contributed by atoms with van der Waals surface area (Å²) in [6, 6.07) is 14.0. The van der Waals surface area contributed by atoms with Crippen LogP contribution in [0.15, 0.2) is 48.5 Å². The summed E-state index contributed by atoms with van der Waals surface area (Å²) in [5.41, 5.74) is 2.41. The highest BCUT2D eigenvalue weighted by molar-refractivity contribution is 5.96. The molecular weight excluding hydrogens is 358 g/mol. The maximum Gasteiger partial charge on any atom is 0.344 e. The normalized spacial score (nSPS) is 10.4. The van der Waals surface area contributed by atoms with Crippen molar-refractivity contribution >= 4 is 23.3 Å². The van der Waals surface area contributed by atoms with E-state index in [0.717, 1.165) is 0 Å². The average molecular weight is 383 g/mol. The Balaban J connectivity index is 1.72. The third kappa shape index (κ3) is 6.54. The van der Waals surface area contributed by atoms with Crippen molar-refractivity contribution in [2.45, 2.75) is 33.1 Å². The molecule has 0 aliphatic carbocycles. The molecule has 0 radical (unpaired) electrons. The van der Waals surface area contributed by atoms with Gasteiger partial charge in [0, 0.05) is 17.7 Å². The molecule has 6 nitrogen and oxygen atoms in total. The fourth-order valence-corrected chi connectivity index (χ4v) is 2.42. The number of anilines is 1. The molecule has 0 saturated carbocycles. The van der Waals surface area contributed by atoms with Gasteiger partial charge in [0.05, 0.1) is 0 Å². The van der Waals surface area contributed by atoms with Crippen LogP contribution in [0.3, 0.4) is 0 Å². The van der Waals surface area contributed by atoms with Crippen molar-refractivity contribution in [3.63, 3.8) is 0 Å². The lowest BCUT2D eigenvalue weighted by atomic mass is 10.0. The summed E-state index contributed by atoms with van der Waals surface area (Å²) in [6.07, 6.45) is 0.427. The van der Waals surface area contributed by atoms with Crippen molar-refractivity contribution in [2.75, 3.05) is 18.5 Å². The zero-order valence-electron chi connectivity index (χ0n) is 16.4. The number of rotatable bonds is 9. The van der Waals surface area contributed by atoms with Gasteiger partial charge in [0.15, 0.2) is 19.0 Å². The minimum absolute atomic E-state index is 0.0378. The highest BCUT2D eigenvalue weighted by Gasteiger charge is 2.10. The van der Waals surface area contributed by atoms with E-state index in [-0.39, 0.29) is 12.4 Å². The molecular formula is C22H25NO5. The fourth-order valence-electron chi connectivity index (χ4n) is 2.42. The fraction of sp³-hybridized carbons (Fsp3) is 0.318. The van der Waals surface area contributed by atoms with Crippen LogP contribution in [0.1, 0.15) is 49.0 Å². The van der Waals surface area contributed by atoms with Crippen molar-refractivity contribution in [3.8, 4) is 5.75 Å². The van der Waals surface area contributed by atoms with Crippen LogP contribution in [0, 0.1) is 0 Å². The summed E-state index contributed by atoms with van der Waals surface area (Å²) in [7, 11) is 0. The molecule has 6 heteroatoms. The van der Waals surface area contributed by atoms with Crippen LogP contribution in [0.25, 0.3) is 0 Å². The molecule has 0 unspecified atom stereocenters. The Hall–Kier alpha value is -3.15. The van der Waals surface area contributed by atoms with Crippen LogP contribution >= 0.6 is 0 Å². The standard InChI is InChI=1S/C22H25NO5/c1-4-20(24)17-7-11-19(12-8-17)27-14-22(26)28-13-21(25)23-18-9-5-16(6-10-18)15(2)3/h5-12,15H,4,13-14H2,1-3H3,(H,23,25). The number of carbonyl (C=O) groups excluding carboxylic acids is 3. The minimum atomic E-state index is -0.654. The smallest absolute Gasteiger partial charge is 0.344 e. The lowest BCUT2D eigenvalue weighted by molar-refractivity contribution is -0.149. The molecule has 0 spiro atoms. The number of ketones is 1. The van der Waals surface area contributed by atoms with Gasteiger partial charge in [-0.1, -0.05) is 32.9 Å². The first-order valence-electron chi connectivity index (χ1n) is 9.20. The van der Waals surface area contributed by atoms with E-state index in [4.69, 9.17) is 9.47 Å². The molecule has 0 aliphatic rings. The van der Waals surface area contributed by atoms with Gasteiger partial charge < -0.3 is 14.8 Å². The van der Waals surface area contributed by atoms with E-state index in [0.29, 0.717) is 29.3 Å². The van der Waals surface area contributed by atoms with Gasteiger partial charge in [0.1, 0.15) is 5.75 Å². The third-order valence-corrected chi connectivity index (χ3v) is 4.08. The van der Waals surface area contributed by atoms with Gasteiger partial charge in [-0.2, -0.15) is 0 Å². The summed E-state index contributed by atoms with van der Waals surface area (Å²) in [4.78, 5) is 35.2. The Morgan fingerprint density at radius 1 is 0.929 bits per heavy atom. The molecule has 28 heavy (non-hydrogen) atoms. The second-order valence-electron chi connectivity index (χ2n) is 6.58. The lowest BCUT2D eigenvalue weighted by Gasteiger charge is -2.09. The molecule has 0 aliphatic heterocycles. The Morgan fingerprint density at radius 3 is 2.14 bits per heavy atom. The van der Waals surface area contributed by atoms with E-state index in [1.165, 1.54) is 5.56 Å². The minimum Gasteiger partial charge on any atom is -0.482 e. The number of nitrogens with one attached hydrogen (secondary N) is 1. The van der Waals surface area contributed by atoms with Crippen LogP contribution in [-0.2, 0) is 14.3 Å². The van der Waals surface area contributed by atoms with E-state index < -0.39 is 18.5 Å². The second kappa shape index (κ2) is 10.3. The van der Waals surface area contributed by atoms with Crippen LogP contribution in [0.5, 0.6) is 5.75 Å². The molecule has 148 valence electrons. The van der Waals surface area contributed by atoms with Crippen molar-refractivity contribution in [2.24, 2.45) is 0 Å². The number of ether oxygens (including phenoxy) is 2. The second-order valence-corrected chi connectivity index (χ2v) is 6.58. The van der Waals surface area contributed by atoms with Gasteiger partial charge in [-0.05, 0) is 47.9 Å². The first-order chi connectivity index (χ1) is 13.4. The van der Waals surface area contributed by atoms with E-state index in [1.54, 1.807) is 31.2 Å². The molecule has 0 aromatic heterocycles. The number of hydrogen-bond donors (Lipinski definition) is 1. The van der Waals surface area contributed by atoms with Gasteiger partial charge in [0.25, 0.3) is 5.91 Å². The molecule has 2 aromatic rings. The van der Waals surface area contributed by atoms with Gasteiger partial charge in [-0.15, -0.1) is 0 Å². The molecule has 0 fully saturated rings. The first-order valence-corrected chi connectivity index (χ1v) is 9.20. The number of Topliss-reactive ketones (excluding diaryl/α,β-unsaturated/α-hetero) is 1. The highest BCUT2D eigenvalue weighted by atomic mass is 16.6. The zero-order valence-corrected chi connectivity index (χ0v) is 16.4. The Bertz CT molecular complexity index is 810. The lowest BCUT2D eigenvalue weighted by Crippen LogP contribution is -2.23. The molecule has 1 N–H and O–H groups in total. The van der Waals surface area contributed by atoms with Crippen molar-refractivity contribution < 1.29 is 23.9 Å². The first kappa shape index (κ1) is 21.2. The molecule has 0 saturated heterocycles. The summed E-state index contributed by atoms with van der Waals surface area (Å²) >= 11 is 0. The topological polar surface area (TPSA) is 81.7 Å². The van der Waals surface area contributed by atoms with E-state index >= 15 is 0 Å². The summed E-state index contributed by atoms with van der Waals surface area (Å²) < 4.78 is 10.2. The molecule has 2 aromatic carbocycles. The van der Waals surface area contributed by atoms with E-state index in [2.05, 4.69) is 19.2 Å². The van der Waals surface area contributed by atoms with Gasteiger partial charge in [-0.3, -0.25) is 9.59 Å². The number of amides is 1. The quantitative estimate of drug-likeness (QED) is 0.523. The number of carbonyl (C=O) groups is 3. The Morgan fingerprint density at radius 2 is 1.57 bits per heavy atom. The number of esters is 1. The summed E-state index contributed by atoms with van der Waals surface area (Å²) in [5, 5.41) is 2.67. The van der Waals surface area contributed by atoms with Crippen LogP contribution in [-0.4, -0.2) is 30.9 Å². The van der Waals surface area contributed by atoms with E-state index in [1.807, 2.05) is 24.3 Å². The zero-order chi connectivity index (χ0) is 20.5. The predicted octanol–water partition coefficient (Wildman–Crippen LogP) is 3.96. The Labute approximate surface area is 164 Å². The van der Waals surface area contributed by atoms with Gasteiger partial charge >= 0.3 is 5.97 Å². The molecule has 2 rings (SSSR count). The Kier molecular flexibility index (Phi) is 7.75. The molecule has 0 bridgehead atoms. The van der Waals surface area contributed by atoms with Crippen molar-refractivity contribution in [1.29, 1.82) is 0 Å². The van der Waals surface area contributed by atoms with Crippen LogP contribution in [0.4, 0.5) is 5.69 Å². The summed E-state index contributed by atoms with van der Waals surface area (Å²) in [5.74, 6) is -0.184. The van der Waals surface area contributed by atoms with Crippen molar-refractivity contribution in [1.82, 2.24) is 0 Å². The van der Waals surface area contributed by atoms with Crippen molar-refractivity contribution in [3.05, 3.63) is 59.7 Å². The molecule has 0 heterocycles. The van der Waals surface area contributed by atoms with Gasteiger partial charge in [0.2, 0.25) is 0 Å². The number of hydrogen-bond acceptors (Lipinski definition) is 5. The van der Waals surface area contributed by atoms with Gasteiger partial charge in [-0.25, -0.2) is 4.79 Å². The maximum absolute atomic E-state index is 11.9. The third-order valence-electron chi connectivity index (χ3n) is 4.08.